The number of hydrogen-bond donors (Lipinski definition) is 1. The maximum atomic E-state index is 4.26. The quantitative estimate of drug-likeness (QED) is 0.164. The zero-order valence-electron chi connectivity index (χ0n) is 63.7. The molecule has 3 aromatic heterocycles. The number of benzene rings is 6. The largest absolute Gasteiger partial charge is 0.342 e. The van der Waals surface area contributed by atoms with Gasteiger partial charge in [-0.2, -0.15) is 0 Å². The molecule has 2 saturated carbocycles. The Labute approximate surface area is 560 Å². The number of nitrogens with one attached hydrogen (secondary N) is 1. The Kier molecular flexibility index (Phi) is 87.0. The number of aromatic amines is 1. The number of imidazole rings is 1. The topological polar surface area (TPSA) is 67.3 Å². The molecule has 1 unspecified atom stereocenters. The van der Waals surface area contributed by atoms with Crippen molar-refractivity contribution in [2.24, 2.45) is 17.8 Å². The van der Waals surface area contributed by atoms with E-state index >= 15 is 0 Å². The lowest BCUT2D eigenvalue weighted by Gasteiger charge is -2.23. The van der Waals surface area contributed by atoms with E-state index in [9.17, 15) is 0 Å². The Morgan fingerprint density at radius 2 is 0.744 bits per heavy atom. The molecule has 0 saturated heterocycles. The highest BCUT2D eigenvalue weighted by Gasteiger charge is 2.16. The van der Waals surface area contributed by atoms with Crippen molar-refractivity contribution in [1.82, 2.24) is 24.9 Å². The summed E-state index contributed by atoms with van der Waals surface area (Å²) < 4.78 is 0. The number of rotatable bonds is 0. The first-order valence-electron chi connectivity index (χ1n) is 36.2. The third-order valence-corrected chi connectivity index (χ3v) is 12.3. The normalized spacial score (nSPS) is 11.9. The number of fused-ring (bicyclic) bond motifs is 5. The van der Waals surface area contributed by atoms with E-state index < -0.39 is 0 Å². The zero-order valence-corrected chi connectivity index (χ0v) is 63.7. The van der Waals surface area contributed by atoms with Crippen molar-refractivity contribution in [3.05, 3.63) is 217 Å². The van der Waals surface area contributed by atoms with Crippen LogP contribution < -0.4 is 0 Å². The van der Waals surface area contributed by atoms with Crippen molar-refractivity contribution in [1.29, 1.82) is 0 Å². The number of nitrogens with zero attached hydrogens (tertiary/aromatic N) is 4. The maximum Gasteiger partial charge on any atom is 0.115 e. The van der Waals surface area contributed by atoms with Crippen LogP contribution in [0.3, 0.4) is 0 Å². The number of aromatic nitrogens is 5. The molecule has 12 rings (SSSR count). The van der Waals surface area contributed by atoms with Gasteiger partial charge in [-0.1, -0.05) is 376 Å². The average molecular weight is 1240 g/mol. The first-order valence-corrected chi connectivity index (χ1v) is 36.2. The van der Waals surface area contributed by atoms with E-state index in [1.165, 1.54) is 117 Å². The van der Waals surface area contributed by atoms with Crippen LogP contribution in [0.5, 0.6) is 0 Å². The molecule has 3 heterocycles. The molecule has 5 heteroatoms. The number of pyridine rings is 1. The van der Waals surface area contributed by atoms with Crippen LogP contribution in [0.4, 0.5) is 0 Å². The highest BCUT2D eigenvalue weighted by atomic mass is 14.9. The maximum absolute atomic E-state index is 4.26. The predicted octanol–water partition coefficient (Wildman–Crippen LogP) is 28.7. The molecule has 0 amide bonds. The fourth-order valence-electron chi connectivity index (χ4n) is 8.46. The number of para-hydroxylation sites is 2. The van der Waals surface area contributed by atoms with Crippen LogP contribution in [-0.2, 0) is 12.8 Å². The van der Waals surface area contributed by atoms with Gasteiger partial charge >= 0.3 is 0 Å². The molecule has 1 atom stereocenters. The zero-order chi connectivity index (χ0) is 69.9. The van der Waals surface area contributed by atoms with Crippen LogP contribution in [0.25, 0.3) is 32.6 Å². The second-order valence-electron chi connectivity index (χ2n) is 18.9. The van der Waals surface area contributed by atoms with Crippen LogP contribution in [0.1, 0.15) is 266 Å². The van der Waals surface area contributed by atoms with Crippen LogP contribution in [0, 0.1) is 31.6 Å². The van der Waals surface area contributed by atoms with E-state index in [4.69, 9.17) is 0 Å². The minimum atomic E-state index is 0.850. The van der Waals surface area contributed by atoms with E-state index in [1.54, 1.807) is 42.0 Å². The molecular weight excluding hydrogens is 1090 g/mol. The molecule has 5 nitrogen and oxygen atoms in total. The van der Waals surface area contributed by atoms with E-state index in [0.29, 0.717) is 0 Å². The number of hydrogen-bond acceptors (Lipinski definition) is 4. The molecule has 0 radical (unpaired) electrons. The second kappa shape index (κ2) is 80.6. The van der Waals surface area contributed by atoms with Gasteiger partial charge in [0, 0.05) is 24.8 Å². The van der Waals surface area contributed by atoms with Crippen LogP contribution in [0.2, 0.25) is 0 Å². The van der Waals surface area contributed by atoms with Crippen molar-refractivity contribution in [3.63, 3.8) is 0 Å². The number of H-pyrrole nitrogens is 1. The van der Waals surface area contributed by atoms with E-state index in [1.807, 2.05) is 206 Å². The Morgan fingerprint density at radius 3 is 1.08 bits per heavy atom. The molecule has 3 aliphatic rings. The first kappa shape index (κ1) is 97.2. The van der Waals surface area contributed by atoms with Crippen LogP contribution in [-0.4, -0.2) is 24.9 Å². The first-order chi connectivity index (χ1) is 44.3. The smallest absolute Gasteiger partial charge is 0.115 e. The summed E-state index contributed by atoms with van der Waals surface area (Å²) in [7, 11) is 0. The van der Waals surface area contributed by atoms with Crippen molar-refractivity contribution >= 4 is 32.6 Å². The predicted molar refractivity (Wildman–Crippen MR) is 417 cm³/mol. The van der Waals surface area contributed by atoms with Gasteiger partial charge in [0.15, 0.2) is 0 Å². The van der Waals surface area contributed by atoms with Gasteiger partial charge in [0.1, 0.15) is 12.2 Å². The highest BCUT2D eigenvalue weighted by molar-refractivity contribution is 5.87. The van der Waals surface area contributed by atoms with Gasteiger partial charge in [-0.3, -0.25) is 4.98 Å². The Balaban J connectivity index is -0.000000170. The van der Waals surface area contributed by atoms with Crippen molar-refractivity contribution in [3.8, 4) is 0 Å². The fourth-order valence-corrected chi connectivity index (χ4v) is 8.46. The molecule has 508 valence electrons. The summed E-state index contributed by atoms with van der Waals surface area (Å²) in [6.45, 7) is 55.4. The molecule has 9 aromatic rings. The lowest BCUT2D eigenvalue weighted by Crippen LogP contribution is -2.11. The molecule has 2 fully saturated rings. The second-order valence-corrected chi connectivity index (χ2v) is 18.9. The third kappa shape index (κ3) is 54.5. The van der Waals surface area contributed by atoms with Gasteiger partial charge in [-0.15, -0.1) is 0 Å². The highest BCUT2D eigenvalue weighted by Crippen LogP contribution is 2.31. The standard InChI is InChI=1S/C15H16.C10H8.C8H8N2.C7H14.C7H8.C6H12.C5H5N.C4H4N2.C3H8.10C2H6/c1-11-6-7-13-9-8-12-4-2-3-5-14(12)15(13)10-11;1-2-6-10-8-4-3-7-9(10)5-1;1-6-9-7-4-2-3-5-8(7)10-6;2*1-7-5-3-2-4-6-7;1-6-4-2-3-5-6;1-2-4-6-5-3-1;1-2-5-4-6-3-1;1-3-2;10*1-2/h2-5,8-9,11H,6-7,10H2,1H3;1-8H;2-5H,1H3,(H,9,10);7H,2-6H2,1H3;2-6H,1H3;6H,2-5H2,1H3;1-5H;1-4H;3H2,1-2H3;10*1-2H3. The summed E-state index contributed by atoms with van der Waals surface area (Å²) in [6, 6.07) is 55.8. The fraction of sp³-hybridized carbons (Fsp3) is 0.506. The molecule has 0 aliphatic heterocycles. The monoisotopic (exact) mass is 1230 g/mol. The molecule has 0 bridgehead atoms. The average Bonchev–Trinajstić information content (AvgIpc) is 1.12. The van der Waals surface area contributed by atoms with Gasteiger partial charge in [-0.25, -0.2) is 15.0 Å². The van der Waals surface area contributed by atoms with Gasteiger partial charge < -0.3 is 4.98 Å². The van der Waals surface area contributed by atoms with Gasteiger partial charge in [0.05, 0.1) is 11.0 Å². The number of aryl methyl sites for hydroxylation is 3. The van der Waals surface area contributed by atoms with E-state index in [2.05, 4.69) is 164 Å². The molecular formula is C85H143N5. The Bertz CT molecular complexity index is 2450. The summed E-state index contributed by atoms with van der Waals surface area (Å²) in [5.41, 5.74) is 6.65. The lowest BCUT2D eigenvalue weighted by atomic mass is 9.82. The Morgan fingerprint density at radius 1 is 0.367 bits per heavy atom. The van der Waals surface area contributed by atoms with E-state index in [-0.39, 0.29) is 0 Å². The molecule has 3 aliphatic carbocycles. The minimum Gasteiger partial charge on any atom is -0.342 e. The summed E-state index contributed by atoms with van der Waals surface area (Å²) in [5, 5.41) is 5.49. The van der Waals surface area contributed by atoms with Crippen molar-refractivity contribution < 1.29 is 0 Å². The summed E-state index contributed by atoms with van der Waals surface area (Å²) >= 11 is 0. The lowest BCUT2D eigenvalue weighted by molar-refractivity contribution is 0.385. The van der Waals surface area contributed by atoms with Gasteiger partial charge in [0.25, 0.3) is 0 Å². The third-order valence-electron chi connectivity index (χ3n) is 12.3. The van der Waals surface area contributed by atoms with Gasteiger partial charge in [0.2, 0.25) is 0 Å². The Hall–Kier alpha value is -6.46. The summed E-state index contributed by atoms with van der Waals surface area (Å²) in [6.07, 6.45) is 26.9. The minimum absolute atomic E-state index is 0.850. The van der Waals surface area contributed by atoms with Gasteiger partial charge in [-0.05, 0) is 114 Å². The molecule has 1 N–H and O–H groups in total. The summed E-state index contributed by atoms with van der Waals surface area (Å²) in [4.78, 5) is 18.5. The summed E-state index contributed by atoms with van der Waals surface area (Å²) in [5.74, 6) is 3.91. The van der Waals surface area contributed by atoms with Crippen molar-refractivity contribution in [2.75, 3.05) is 0 Å². The molecule has 90 heavy (non-hydrogen) atoms. The molecule has 6 aromatic carbocycles. The van der Waals surface area contributed by atoms with Crippen molar-refractivity contribution in [2.45, 2.75) is 270 Å². The molecule has 0 spiro atoms. The van der Waals surface area contributed by atoms with Crippen LogP contribution in [0.15, 0.2) is 195 Å². The van der Waals surface area contributed by atoms with Crippen LogP contribution >= 0.6 is 0 Å². The van der Waals surface area contributed by atoms with E-state index in [0.717, 1.165) is 34.6 Å². The SMILES string of the molecule is CC.CC.CC.CC.CC.CC.CC.CC.CC.CC.CC1CCCC1.CC1CCCCC1.CC1CCc2ccc3ccccc3c2C1.CCC.Cc1ccccc1.Cc1nc2ccccc2[nH]1.c1ccc2ccccc2c1.c1ccncc1.c1cncnc1.